The predicted molar refractivity (Wildman–Crippen MR) is 120 cm³/mol. The van der Waals surface area contributed by atoms with Crippen molar-refractivity contribution in [3.63, 3.8) is 0 Å². The smallest absolute Gasteiger partial charge is 0.107 e. The third kappa shape index (κ3) is 14.2. The zero-order chi connectivity index (χ0) is 17.7. The first-order chi connectivity index (χ1) is 11.6. The highest BCUT2D eigenvalue weighted by molar-refractivity contribution is 5.85. The molecule has 1 aromatic carbocycles. The first-order valence-corrected chi connectivity index (χ1v) is 10.1. The molecule has 0 spiro atoms. The van der Waals surface area contributed by atoms with Gasteiger partial charge in [-0.3, -0.25) is 0 Å². The second kappa shape index (κ2) is 18.8. The molecule has 27 heavy (non-hydrogen) atoms. The fraction of sp³-hybridized carbons (Fsp3) is 0.652. The molecule has 0 saturated heterocycles. The van der Waals surface area contributed by atoms with E-state index < -0.39 is 0 Å². The zero-order valence-corrected chi connectivity index (χ0v) is 19.5. The molecule has 1 rings (SSSR count). The second-order valence-electron chi connectivity index (χ2n) is 7.84. The maximum absolute atomic E-state index is 4.11. The maximum atomic E-state index is 4.11. The van der Waals surface area contributed by atoms with Crippen LogP contribution in [0.3, 0.4) is 0 Å². The van der Waals surface area contributed by atoms with E-state index in [2.05, 4.69) is 64.0 Å². The minimum atomic E-state index is 0. The Morgan fingerprint density at radius 2 is 1.37 bits per heavy atom. The maximum Gasteiger partial charge on any atom is 0.107 e. The highest BCUT2D eigenvalue weighted by atomic mass is 35.5. The summed E-state index contributed by atoms with van der Waals surface area (Å²) in [4.78, 5) is 0. The van der Waals surface area contributed by atoms with Crippen LogP contribution in [0.15, 0.2) is 43.0 Å². The largest absolute Gasteiger partial charge is 1.00 e. The van der Waals surface area contributed by atoms with Crippen LogP contribution < -0.4 is 18.6 Å². The predicted octanol–water partition coefficient (Wildman–Crippen LogP) is 4.33. The Labute approximate surface area is 181 Å². The van der Waals surface area contributed by atoms with Crippen LogP contribution in [0.2, 0.25) is 0 Å². The number of hydrogen-bond donors (Lipinski definition) is 1. The molecule has 2 nitrogen and oxygen atoms in total. The lowest BCUT2D eigenvalue weighted by Crippen LogP contribution is -3.00. The number of halogens is 2. The quantitative estimate of drug-likeness (QED) is 0.272. The number of nitrogens with zero attached hydrogens (tertiary/aromatic N) is 1. The Morgan fingerprint density at radius 3 is 1.85 bits per heavy atom. The number of likely N-dealkylation sites (N-methyl/N-ethyl adjacent to an activating group) is 1. The van der Waals surface area contributed by atoms with Crippen molar-refractivity contribution in [1.82, 2.24) is 6.15 Å². The van der Waals surface area contributed by atoms with E-state index in [4.69, 9.17) is 0 Å². The minimum Gasteiger partial charge on any atom is -1.00 e. The average molecular weight is 420 g/mol. The first kappa shape index (κ1) is 31.2. The molecule has 0 aliphatic carbocycles. The number of quaternary nitrogens is 1. The van der Waals surface area contributed by atoms with Gasteiger partial charge in [0.05, 0.1) is 14.1 Å². The summed E-state index contributed by atoms with van der Waals surface area (Å²) in [5.41, 5.74) is 1.42. The van der Waals surface area contributed by atoms with E-state index in [-0.39, 0.29) is 31.0 Å². The molecule has 0 amide bonds. The Kier molecular flexibility index (Phi) is 21.7. The van der Waals surface area contributed by atoms with Gasteiger partial charge < -0.3 is 23.0 Å². The van der Waals surface area contributed by atoms with Gasteiger partial charge in [-0.05, 0) is 12.5 Å². The molecule has 0 heterocycles. The van der Waals surface area contributed by atoms with Gasteiger partial charge in [0.1, 0.15) is 12.6 Å². The van der Waals surface area contributed by atoms with Crippen molar-refractivity contribution in [2.75, 3.05) is 14.1 Å². The molecule has 1 aromatic rings. The van der Waals surface area contributed by atoms with E-state index >= 15 is 0 Å². The number of hydrogen-bond acceptors (Lipinski definition) is 1. The first-order valence-electron chi connectivity index (χ1n) is 10.1. The summed E-state index contributed by atoms with van der Waals surface area (Å²) >= 11 is 0. The van der Waals surface area contributed by atoms with Gasteiger partial charge in [-0.25, -0.2) is 0 Å². The van der Waals surface area contributed by atoms with Crippen LogP contribution >= 0.6 is 12.4 Å². The highest BCUT2D eigenvalue weighted by Gasteiger charge is 2.25. The number of unbranched alkanes of at least 4 members (excludes halogenated alkanes) is 8. The normalized spacial score (nSPS) is 11.5. The van der Waals surface area contributed by atoms with Crippen LogP contribution in [0.25, 0.3) is 0 Å². The molecule has 4 heteroatoms. The fourth-order valence-corrected chi connectivity index (χ4v) is 3.59. The van der Waals surface area contributed by atoms with Crippen molar-refractivity contribution in [2.45, 2.75) is 83.7 Å². The van der Waals surface area contributed by atoms with Crippen molar-refractivity contribution in [3.05, 3.63) is 48.6 Å². The topological polar surface area (TPSA) is 35.0 Å². The monoisotopic (exact) mass is 418 g/mol. The lowest BCUT2D eigenvalue weighted by molar-refractivity contribution is -0.921. The van der Waals surface area contributed by atoms with Gasteiger partial charge in [0, 0.05) is 12.0 Å². The van der Waals surface area contributed by atoms with Crippen LogP contribution in [0, 0.1) is 0 Å². The van der Waals surface area contributed by atoms with Gasteiger partial charge in [0.2, 0.25) is 0 Å². The zero-order valence-electron chi connectivity index (χ0n) is 18.0. The van der Waals surface area contributed by atoms with Gasteiger partial charge in [0.15, 0.2) is 0 Å². The Bertz CT molecular complexity index is 435. The van der Waals surface area contributed by atoms with Crippen molar-refractivity contribution >= 4 is 12.4 Å². The van der Waals surface area contributed by atoms with Crippen molar-refractivity contribution in [1.29, 1.82) is 0 Å². The van der Waals surface area contributed by atoms with Gasteiger partial charge in [-0.1, -0.05) is 95.2 Å². The van der Waals surface area contributed by atoms with E-state index in [1.165, 1.54) is 69.8 Å². The van der Waals surface area contributed by atoms with Gasteiger partial charge in [-0.15, -0.1) is 12.4 Å². The molecule has 0 aliphatic rings. The van der Waals surface area contributed by atoms with E-state index in [1.54, 1.807) is 0 Å². The second-order valence-corrected chi connectivity index (χ2v) is 7.84. The Hall–Kier alpha value is -0.540. The van der Waals surface area contributed by atoms with Gasteiger partial charge >= 0.3 is 0 Å². The molecule has 1 unspecified atom stereocenters. The van der Waals surface area contributed by atoms with Crippen LogP contribution in [0.4, 0.5) is 0 Å². The molecule has 0 fully saturated rings. The Balaban J connectivity index is -0.00000192. The van der Waals surface area contributed by atoms with Crippen LogP contribution in [-0.2, 0) is 6.54 Å². The third-order valence-corrected chi connectivity index (χ3v) is 5.21. The molecule has 3 N–H and O–H groups in total. The van der Waals surface area contributed by atoms with E-state index in [0.717, 1.165) is 11.0 Å². The third-order valence-electron chi connectivity index (χ3n) is 5.21. The molecule has 1 atom stereocenters. The van der Waals surface area contributed by atoms with Gasteiger partial charge in [-0.2, -0.15) is 0 Å². The molecule has 0 aliphatic heterocycles. The van der Waals surface area contributed by atoms with E-state index in [9.17, 15) is 0 Å². The highest BCUT2D eigenvalue weighted by Crippen LogP contribution is 2.20. The summed E-state index contributed by atoms with van der Waals surface area (Å²) in [5, 5.41) is 0. The molecule has 0 bridgehead atoms. The Morgan fingerprint density at radius 1 is 0.889 bits per heavy atom. The summed E-state index contributed by atoms with van der Waals surface area (Å²) in [5.74, 6) is 0. The summed E-state index contributed by atoms with van der Waals surface area (Å²) in [6, 6.07) is 11.4. The molecular formula is C23H44Cl2N2. The lowest BCUT2D eigenvalue weighted by Gasteiger charge is -2.37. The molecule has 0 aromatic heterocycles. The van der Waals surface area contributed by atoms with Crippen LogP contribution in [-0.4, -0.2) is 24.6 Å². The van der Waals surface area contributed by atoms with Crippen LogP contribution in [0.5, 0.6) is 0 Å². The molecule has 160 valence electrons. The SMILES string of the molecule is C=CC(CCCCCCCCCCC)[N+](C)(C)Cc1ccccc1.Cl.N.[Cl-]. The van der Waals surface area contributed by atoms with Gasteiger partial charge in [0.25, 0.3) is 0 Å². The molecular weight excluding hydrogens is 375 g/mol. The number of rotatable bonds is 14. The van der Waals surface area contributed by atoms with Crippen LogP contribution in [0.1, 0.15) is 76.7 Å². The molecule has 0 saturated carbocycles. The summed E-state index contributed by atoms with van der Waals surface area (Å²) in [7, 11) is 4.68. The van der Waals surface area contributed by atoms with Crippen molar-refractivity contribution in [3.8, 4) is 0 Å². The summed E-state index contributed by atoms with van der Waals surface area (Å²) in [6.07, 6.45) is 16.0. The summed E-state index contributed by atoms with van der Waals surface area (Å²) < 4.78 is 1.00. The lowest BCUT2D eigenvalue weighted by atomic mass is 10.0. The number of benzene rings is 1. The van der Waals surface area contributed by atoms with Crippen molar-refractivity contribution < 1.29 is 16.9 Å². The van der Waals surface area contributed by atoms with E-state index in [0.29, 0.717) is 6.04 Å². The average Bonchev–Trinajstić information content (AvgIpc) is 2.57. The van der Waals surface area contributed by atoms with Crippen molar-refractivity contribution in [2.24, 2.45) is 0 Å². The minimum absolute atomic E-state index is 0. The van der Waals surface area contributed by atoms with E-state index in [1.807, 2.05) is 0 Å². The fourth-order valence-electron chi connectivity index (χ4n) is 3.59. The molecule has 0 radical (unpaired) electrons. The standard InChI is InChI=1S/C23H40N.2ClH.H3N/c1-5-7-8-9-10-11-12-13-17-20-23(6-2)24(3,4)21-22-18-15-14-16-19-22;;;/h6,14-16,18-19,23H,2,5,7-13,17,20-21H2,1,3-4H3;2*1H;1H3/q+1;;;/p-1. The summed E-state index contributed by atoms with van der Waals surface area (Å²) in [6.45, 7) is 7.47.